The van der Waals surface area contributed by atoms with E-state index in [9.17, 15) is 9.90 Å². The molecule has 0 fully saturated rings. The first-order valence-corrected chi connectivity index (χ1v) is 26.6. The normalized spacial score (nSPS) is 12.5. The zero-order valence-corrected chi connectivity index (χ0v) is 40.0. The van der Waals surface area contributed by atoms with Gasteiger partial charge in [-0.1, -0.05) is 243 Å². The lowest BCUT2D eigenvalue weighted by Crippen LogP contribution is -2.27. The van der Waals surface area contributed by atoms with Crippen LogP contribution in [0.3, 0.4) is 0 Å². The van der Waals surface area contributed by atoms with Crippen LogP contribution in [0, 0.1) is 0 Å². The third-order valence-corrected chi connectivity index (χ3v) is 11.9. The highest BCUT2D eigenvalue weighted by Gasteiger charge is 2.13. The quantitative estimate of drug-likeness (QED) is 0.0377. The monoisotopic (exact) mass is 829 g/mol. The Kier molecular flexibility index (Phi) is 51.5. The summed E-state index contributed by atoms with van der Waals surface area (Å²) >= 11 is 0. The fourth-order valence-electron chi connectivity index (χ4n) is 7.94. The second-order valence-corrected chi connectivity index (χ2v) is 17.9. The predicted octanol–water partition coefficient (Wildman–Crippen LogP) is 18.0. The molecule has 0 bridgehead atoms. The van der Waals surface area contributed by atoms with Gasteiger partial charge in [0, 0.05) is 13.0 Å². The largest absolute Gasteiger partial charge is 0.457 e. The second-order valence-electron chi connectivity index (χ2n) is 17.9. The Morgan fingerprint density at radius 1 is 0.407 bits per heavy atom. The molecule has 0 rings (SSSR count). The Bertz CT molecular complexity index is 878. The minimum atomic E-state index is -0.535. The Hall–Kier alpha value is -1.39. The number of hydrogen-bond acceptors (Lipinski definition) is 4. The van der Waals surface area contributed by atoms with Crippen molar-refractivity contribution in [2.24, 2.45) is 0 Å². The number of unbranched alkanes of at least 4 members (excludes halogenated alkanes) is 36. The summed E-state index contributed by atoms with van der Waals surface area (Å²) in [6.45, 7) is 5.37. The van der Waals surface area contributed by atoms with E-state index >= 15 is 0 Å². The van der Waals surface area contributed by atoms with Gasteiger partial charge in [0.05, 0.1) is 13.2 Å². The number of aliphatic hydroxyl groups is 1. The number of esters is 1. The van der Waals surface area contributed by atoms with Crippen LogP contribution >= 0.6 is 0 Å². The molecule has 1 unspecified atom stereocenters. The van der Waals surface area contributed by atoms with Gasteiger partial charge < -0.3 is 14.6 Å². The van der Waals surface area contributed by atoms with Gasteiger partial charge in [0.1, 0.15) is 6.10 Å². The fraction of sp³-hybridized carbons (Fsp3) is 0.873. The van der Waals surface area contributed by atoms with Crippen LogP contribution in [0.5, 0.6) is 0 Å². The summed E-state index contributed by atoms with van der Waals surface area (Å²) in [5.74, 6) is -0.197. The van der Waals surface area contributed by atoms with Crippen LogP contribution in [0.4, 0.5) is 0 Å². The first kappa shape index (κ1) is 57.6. The van der Waals surface area contributed by atoms with E-state index in [2.05, 4.69) is 50.3 Å². The number of ether oxygens (including phenoxy) is 2. The molecule has 4 heteroatoms. The Morgan fingerprint density at radius 3 is 1.07 bits per heavy atom. The number of carbonyl (C=O) groups is 1. The van der Waals surface area contributed by atoms with E-state index in [0.29, 0.717) is 19.6 Å². The number of allylic oxidation sites excluding steroid dienone is 6. The zero-order valence-electron chi connectivity index (χ0n) is 40.0. The van der Waals surface area contributed by atoms with Gasteiger partial charge in [-0.3, -0.25) is 4.79 Å². The third kappa shape index (κ3) is 50.9. The number of aliphatic hydroxyl groups excluding tert-OH is 1. The molecular formula is C55H104O4. The van der Waals surface area contributed by atoms with Crippen molar-refractivity contribution >= 4 is 5.97 Å². The van der Waals surface area contributed by atoms with Crippen LogP contribution < -0.4 is 0 Å². The predicted molar refractivity (Wildman–Crippen MR) is 260 cm³/mol. The van der Waals surface area contributed by atoms with Crippen molar-refractivity contribution in [2.45, 2.75) is 290 Å². The highest BCUT2D eigenvalue weighted by atomic mass is 16.6. The fourth-order valence-corrected chi connectivity index (χ4v) is 7.94. The van der Waals surface area contributed by atoms with Gasteiger partial charge in [-0.25, -0.2) is 0 Å². The summed E-state index contributed by atoms with van der Waals surface area (Å²) in [6, 6.07) is 0. The molecule has 0 heterocycles. The lowest BCUT2D eigenvalue weighted by atomic mass is 10.0. The first-order chi connectivity index (χ1) is 29.2. The molecule has 1 atom stereocenters. The third-order valence-electron chi connectivity index (χ3n) is 11.9. The smallest absolute Gasteiger partial charge is 0.306 e. The van der Waals surface area contributed by atoms with Gasteiger partial charge in [0.2, 0.25) is 0 Å². The molecule has 348 valence electrons. The molecule has 0 aromatic carbocycles. The maximum atomic E-state index is 12.3. The molecule has 0 aromatic rings. The van der Waals surface area contributed by atoms with E-state index in [1.165, 1.54) is 238 Å². The molecule has 0 saturated carbocycles. The zero-order chi connectivity index (χ0) is 42.6. The Labute approximate surface area is 370 Å². The van der Waals surface area contributed by atoms with E-state index in [-0.39, 0.29) is 12.6 Å². The van der Waals surface area contributed by atoms with Gasteiger partial charge in [-0.2, -0.15) is 0 Å². The van der Waals surface area contributed by atoms with Crippen molar-refractivity contribution in [3.8, 4) is 0 Å². The summed E-state index contributed by atoms with van der Waals surface area (Å²) in [7, 11) is 0. The average molecular weight is 829 g/mol. The van der Waals surface area contributed by atoms with Crippen LogP contribution in [0.25, 0.3) is 0 Å². The standard InChI is InChI=1S/C55H104O4/c1-3-5-7-9-11-13-15-17-19-21-23-25-27-29-31-33-35-37-39-41-43-45-47-49-51-58-53-54(52-56)59-55(57)50-48-46-44-42-40-38-36-34-32-30-28-26-24-22-20-18-16-14-12-10-8-6-4-2/h15,17,21-24,54,56H,3-14,16,18-20,25-53H2,1-2H3/b17-15-,23-21-,24-22-. The van der Waals surface area contributed by atoms with E-state index in [4.69, 9.17) is 9.47 Å². The van der Waals surface area contributed by atoms with Gasteiger partial charge in [0.15, 0.2) is 0 Å². The summed E-state index contributed by atoms with van der Waals surface area (Å²) in [4.78, 5) is 12.3. The molecule has 0 radical (unpaired) electrons. The van der Waals surface area contributed by atoms with Crippen LogP contribution in [0.15, 0.2) is 36.5 Å². The molecule has 0 saturated heterocycles. The average Bonchev–Trinajstić information content (AvgIpc) is 3.24. The summed E-state index contributed by atoms with van der Waals surface area (Å²) in [6.07, 6.45) is 68.2. The first-order valence-electron chi connectivity index (χ1n) is 26.6. The maximum Gasteiger partial charge on any atom is 0.306 e. The van der Waals surface area contributed by atoms with Crippen molar-refractivity contribution in [1.82, 2.24) is 0 Å². The Morgan fingerprint density at radius 2 is 0.712 bits per heavy atom. The topological polar surface area (TPSA) is 55.8 Å². The Balaban J connectivity index is 3.38. The number of rotatable bonds is 50. The van der Waals surface area contributed by atoms with Gasteiger partial charge in [0.25, 0.3) is 0 Å². The molecule has 0 aliphatic rings. The summed E-state index contributed by atoms with van der Waals surface area (Å²) < 4.78 is 11.2. The molecule has 59 heavy (non-hydrogen) atoms. The van der Waals surface area contributed by atoms with E-state index in [1.807, 2.05) is 0 Å². The van der Waals surface area contributed by atoms with Crippen molar-refractivity contribution in [2.75, 3.05) is 19.8 Å². The SMILES string of the molecule is CCCCCCC/C=C\C/C=C\CCCCCCCCCCCCCCOCC(CO)OC(=O)CCCCCCCCCCCCC/C=C\CCCCCCCCCC. The molecule has 0 spiro atoms. The maximum absolute atomic E-state index is 12.3. The molecule has 4 nitrogen and oxygen atoms in total. The highest BCUT2D eigenvalue weighted by molar-refractivity contribution is 5.69. The summed E-state index contributed by atoms with van der Waals surface area (Å²) in [5, 5.41) is 9.66. The second kappa shape index (κ2) is 52.7. The van der Waals surface area contributed by atoms with E-state index < -0.39 is 6.10 Å². The van der Waals surface area contributed by atoms with E-state index in [0.717, 1.165) is 25.7 Å². The van der Waals surface area contributed by atoms with Gasteiger partial charge >= 0.3 is 5.97 Å². The van der Waals surface area contributed by atoms with Gasteiger partial charge in [-0.05, 0) is 70.6 Å². The summed E-state index contributed by atoms with van der Waals surface area (Å²) in [5.41, 5.74) is 0. The lowest BCUT2D eigenvalue weighted by molar-refractivity contribution is -0.154. The van der Waals surface area contributed by atoms with Crippen molar-refractivity contribution in [3.63, 3.8) is 0 Å². The van der Waals surface area contributed by atoms with Crippen molar-refractivity contribution < 1.29 is 19.4 Å². The number of carbonyl (C=O) groups excluding carboxylic acids is 1. The lowest BCUT2D eigenvalue weighted by Gasteiger charge is -2.16. The van der Waals surface area contributed by atoms with Gasteiger partial charge in [-0.15, -0.1) is 0 Å². The van der Waals surface area contributed by atoms with E-state index in [1.54, 1.807) is 0 Å². The van der Waals surface area contributed by atoms with Crippen LogP contribution in [0.2, 0.25) is 0 Å². The molecule has 0 amide bonds. The molecular weight excluding hydrogens is 725 g/mol. The van der Waals surface area contributed by atoms with Crippen LogP contribution in [0.1, 0.15) is 284 Å². The molecule has 0 aliphatic carbocycles. The van der Waals surface area contributed by atoms with Crippen molar-refractivity contribution in [1.29, 1.82) is 0 Å². The van der Waals surface area contributed by atoms with Crippen LogP contribution in [-0.2, 0) is 14.3 Å². The highest BCUT2D eigenvalue weighted by Crippen LogP contribution is 2.16. The molecule has 0 aliphatic heterocycles. The van der Waals surface area contributed by atoms with Crippen LogP contribution in [-0.4, -0.2) is 37.0 Å². The molecule has 0 aromatic heterocycles. The minimum Gasteiger partial charge on any atom is -0.457 e. The minimum absolute atomic E-state index is 0.170. The molecule has 1 N–H and O–H groups in total. The van der Waals surface area contributed by atoms with Crippen molar-refractivity contribution in [3.05, 3.63) is 36.5 Å². The number of hydrogen-bond donors (Lipinski definition) is 1.